The van der Waals surface area contributed by atoms with Crippen molar-refractivity contribution in [1.29, 1.82) is 0 Å². The van der Waals surface area contributed by atoms with Gasteiger partial charge in [0.05, 0.1) is 12.1 Å². The van der Waals surface area contributed by atoms with Gasteiger partial charge in [0.15, 0.2) is 0 Å². The minimum atomic E-state index is -0.231. The first kappa shape index (κ1) is 18.6. The van der Waals surface area contributed by atoms with E-state index in [-0.39, 0.29) is 18.1 Å². The number of rotatable bonds is 7. The van der Waals surface area contributed by atoms with Crippen molar-refractivity contribution in [2.24, 2.45) is 0 Å². The first-order chi connectivity index (χ1) is 12.6. The second-order valence-electron chi connectivity index (χ2n) is 5.76. The van der Waals surface area contributed by atoms with Crippen LogP contribution >= 0.6 is 23.1 Å². The summed E-state index contributed by atoms with van der Waals surface area (Å²) in [5, 5.41) is 4.88. The molecule has 0 aliphatic heterocycles. The summed E-state index contributed by atoms with van der Waals surface area (Å²) in [6.45, 7) is 2.07. The number of carbonyl (C=O) groups is 1. The van der Waals surface area contributed by atoms with E-state index in [1.54, 1.807) is 23.9 Å². The molecule has 26 heavy (non-hydrogen) atoms. The van der Waals surface area contributed by atoms with Gasteiger partial charge < -0.3 is 5.32 Å². The summed E-state index contributed by atoms with van der Waals surface area (Å²) >= 11 is 3.12. The van der Waals surface area contributed by atoms with Gasteiger partial charge in [0, 0.05) is 16.8 Å². The van der Waals surface area contributed by atoms with Gasteiger partial charge in [0.2, 0.25) is 5.91 Å². The van der Waals surface area contributed by atoms with Gasteiger partial charge in [-0.25, -0.2) is 9.37 Å². The molecule has 1 aromatic heterocycles. The molecule has 0 bridgehead atoms. The summed E-state index contributed by atoms with van der Waals surface area (Å²) in [4.78, 5) is 16.8. The molecule has 3 nitrogen and oxygen atoms in total. The molecular weight excluding hydrogens is 367 g/mol. The Morgan fingerprint density at radius 3 is 2.73 bits per heavy atom. The van der Waals surface area contributed by atoms with E-state index in [2.05, 4.69) is 17.2 Å². The number of thioether (sulfide) groups is 1. The number of nitrogens with one attached hydrogen (secondary N) is 1. The highest BCUT2D eigenvalue weighted by atomic mass is 32.2. The number of carbonyl (C=O) groups excluding carboxylic acids is 1. The zero-order chi connectivity index (χ0) is 18.4. The summed E-state index contributed by atoms with van der Waals surface area (Å²) in [5.41, 5.74) is 3.79. The molecule has 1 N–H and O–H groups in total. The molecule has 1 amide bonds. The molecule has 3 aromatic rings. The van der Waals surface area contributed by atoms with Gasteiger partial charge in [-0.1, -0.05) is 49.0 Å². The number of amides is 1. The van der Waals surface area contributed by atoms with Crippen molar-refractivity contribution in [1.82, 2.24) is 4.98 Å². The SMILES string of the molecule is CCc1ccccc1NC(=O)Cc1csc(SCc2ccc(F)cc2)n1. The van der Waals surface area contributed by atoms with Crippen LogP contribution in [0.4, 0.5) is 10.1 Å². The predicted octanol–water partition coefficient (Wildman–Crippen LogP) is 5.32. The average Bonchev–Trinajstić information content (AvgIpc) is 3.09. The zero-order valence-corrected chi connectivity index (χ0v) is 16.0. The maximum Gasteiger partial charge on any atom is 0.230 e. The predicted molar refractivity (Wildman–Crippen MR) is 106 cm³/mol. The molecule has 0 saturated heterocycles. The Morgan fingerprint density at radius 1 is 1.19 bits per heavy atom. The number of hydrogen-bond donors (Lipinski definition) is 1. The van der Waals surface area contributed by atoms with Gasteiger partial charge in [0.1, 0.15) is 10.2 Å². The molecular formula is C20H19FN2OS2. The second kappa shape index (κ2) is 8.96. The van der Waals surface area contributed by atoms with E-state index >= 15 is 0 Å². The van der Waals surface area contributed by atoms with Crippen LogP contribution in [0, 0.1) is 5.82 Å². The topological polar surface area (TPSA) is 42.0 Å². The molecule has 134 valence electrons. The maximum absolute atomic E-state index is 12.9. The third-order valence-corrected chi connectivity index (χ3v) is 5.96. The number of thiazole rings is 1. The number of aromatic nitrogens is 1. The Labute approximate surface area is 160 Å². The van der Waals surface area contributed by atoms with Crippen molar-refractivity contribution in [3.05, 3.63) is 76.5 Å². The van der Waals surface area contributed by atoms with Crippen LogP contribution in [-0.2, 0) is 23.4 Å². The Kier molecular flexibility index (Phi) is 6.41. The molecule has 0 radical (unpaired) electrons. The van der Waals surface area contributed by atoms with Crippen LogP contribution in [0.2, 0.25) is 0 Å². The third-order valence-electron chi connectivity index (χ3n) is 3.82. The second-order valence-corrected chi connectivity index (χ2v) is 7.84. The van der Waals surface area contributed by atoms with Crippen LogP contribution in [0.1, 0.15) is 23.7 Å². The van der Waals surface area contributed by atoms with Crippen molar-refractivity contribution in [2.45, 2.75) is 29.9 Å². The number of benzene rings is 2. The Hall–Kier alpha value is -2.18. The number of aryl methyl sites for hydroxylation is 1. The average molecular weight is 387 g/mol. The van der Waals surface area contributed by atoms with Gasteiger partial charge in [0.25, 0.3) is 0 Å². The lowest BCUT2D eigenvalue weighted by Crippen LogP contribution is -2.15. The molecule has 1 heterocycles. The monoisotopic (exact) mass is 386 g/mol. The van der Waals surface area contributed by atoms with Crippen LogP contribution in [0.5, 0.6) is 0 Å². The summed E-state index contributed by atoms with van der Waals surface area (Å²) in [7, 11) is 0. The van der Waals surface area contributed by atoms with Gasteiger partial charge in [-0.15, -0.1) is 11.3 Å². The fraction of sp³-hybridized carbons (Fsp3) is 0.200. The first-order valence-corrected chi connectivity index (χ1v) is 10.2. The normalized spacial score (nSPS) is 10.7. The van der Waals surface area contributed by atoms with Crippen LogP contribution in [0.15, 0.2) is 58.3 Å². The smallest absolute Gasteiger partial charge is 0.230 e. The number of para-hydroxylation sites is 1. The van der Waals surface area contributed by atoms with Crippen LogP contribution in [0.3, 0.4) is 0 Å². The standard InChI is InChI=1S/C20H19FN2OS2/c1-2-15-5-3-4-6-18(15)23-19(24)11-17-13-26-20(22-17)25-12-14-7-9-16(21)10-8-14/h3-10,13H,2,11-12H2,1H3,(H,23,24). The highest BCUT2D eigenvalue weighted by Crippen LogP contribution is 2.26. The summed E-state index contributed by atoms with van der Waals surface area (Å²) in [6.07, 6.45) is 1.13. The Morgan fingerprint density at radius 2 is 1.96 bits per heavy atom. The first-order valence-electron chi connectivity index (χ1n) is 8.33. The zero-order valence-electron chi connectivity index (χ0n) is 14.4. The van der Waals surface area contributed by atoms with E-state index < -0.39 is 0 Å². The van der Waals surface area contributed by atoms with Crippen LogP contribution < -0.4 is 5.32 Å². The molecule has 0 unspecified atom stereocenters. The fourth-order valence-electron chi connectivity index (χ4n) is 2.47. The van der Waals surface area contributed by atoms with Crippen molar-refractivity contribution in [3.8, 4) is 0 Å². The molecule has 0 fully saturated rings. The van der Waals surface area contributed by atoms with E-state index in [1.165, 1.54) is 23.5 Å². The number of nitrogens with zero attached hydrogens (tertiary/aromatic N) is 1. The Bertz CT molecular complexity index is 878. The molecule has 0 aliphatic rings. The lowest BCUT2D eigenvalue weighted by molar-refractivity contribution is -0.115. The Balaban J connectivity index is 1.54. The number of anilines is 1. The van der Waals surface area contributed by atoms with Gasteiger partial charge in [-0.05, 0) is 35.7 Å². The van der Waals surface area contributed by atoms with Crippen molar-refractivity contribution >= 4 is 34.7 Å². The summed E-state index contributed by atoms with van der Waals surface area (Å²) in [5.74, 6) is 0.431. The lowest BCUT2D eigenvalue weighted by Gasteiger charge is -2.08. The molecule has 0 aliphatic carbocycles. The number of hydrogen-bond acceptors (Lipinski definition) is 4. The van der Waals surface area contributed by atoms with E-state index in [9.17, 15) is 9.18 Å². The molecule has 2 aromatic carbocycles. The molecule has 0 saturated carbocycles. The minimum Gasteiger partial charge on any atom is -0.325 e. The van der Waals surface area contributed by atoms with E-state index in [0.717, 1.165) is 39.0 Å². The molecule has 0 spiro atoms. The lowest BCUT2D eigenvalue weighted by atomic mass is 10.1. The molecule has 0 atom stereocenters. The van der Waals surface area contributed by atoms with Gasteiger partial charge in [-0.2, -0.15) is 0 Å². The van der Waals surface area contributed by atoms with Crippen molar-refractivity contribution in [3.63, 3.8) is 0 Å². The minimum absolute atomic E-state index is 0.0636. The quantitative estimate of drug-likeness (QED) is 0.559. The molecule has 3 rings (SSSR count). The largest absolute Gasteiger partial charge is 0.325 e. The van der Waals surface area contributed by atoms with E-state index in [1.807, 2.05) is 29.6 Å². The van der Waals surface area contributed by atoms with Crippen LogP contribution in [-0.4, -0.2) is 10.9 Å². The summed E-state index contributed by atoms with van der Waals surface area (Å²) < 4.78 is 13.8. The van der Waals surface area contributed by atoms with E-state index in [0.29, 0.717) is 0 Å². The van der Waals surface area contributed by atoms with Crippen LogP contribution in [0.25, 0.3) is 0 Å². The van der Waals surface area contributed by atoms with Gasteiger partial charge in [-0.3, -0.25) is 4.79 Å². The third kappa shape index (κ3) is 5.16. The molecule has 6 heteroatoms. The highest BCUT2D eigenvalue weighted by Gasteiger charge is 2.10. The summed E-state index contributed by atoms with van der Waals surface area (Å²) in [6, 6.07) is 14.3. The maximum atomic E-state index is 12.9. The number of halogens is 1. The fourth-order valence-corrected chi connectivity index (χ4v) is 4.27. The van der Waals surface area contributed by atoms with Crippen molar-refractivity contribution < 1.29 is 9.18 Å². The van der Waals surface area contributed by atoms with Gasteiger partial charge >= 0.3 is 0 Å². The highest BCUT2D eigenvalue weighted by molar-refractivity contribution is 8.00. The van der Waals surface area contributed by atoms with Crippen molar-refractivity contribution in [2.75, 3.05) is 5.32 Å². The van der Waals surface area contributed by atoms with E-state index in [4.69, 9.17) is 0 Å².